The maximum Gasteiger partial charge on any atom is 0.260 e. The van der Waals surface area contributed by atoms with Crippen molar-refractivity contribution in [2.75, 3.05) is 50.5 Å². The minimum absolute atomic E-state index is 0.00827. The number of carbonyl (C=O) groups is 1. The topological polar surface area (TPSA) is 45.7 Å². The van der Waals surface area contributed by atoms with Gasteiger partial charge in [0.2, 0.25) is 0 Å². The predicted octanol–water partition coefficient (Wildman–Crippen LogP) is 4.56. The largest absolute Gasteiger partial charge is 0.379 e. The highest BCUT2D eigenvalue weighted by Crippen LogP contribution is 2.31. The molecule has 3 aromatic rings. The van der Waals surface area contributed by atoms with Crippen molar-refractivity contribution in [3.63, 3.8) is 0 Å². The molecule has 4 rings (SSSR count). The number of thiazole rings is 1. The summed E-state index contributed by atoms with van der Waals surface area (Å²) >= 11 is 3.25. The second-order valence-corrected chi connectivity index (χ2v) is 9.18. The smallest absolute Gasteiger partial charge is 0.260 e. The summed E-state index contributed by atoms with van der Waals surface area (Å²) < 4.78 is 6.59. The van der Waals surface area contributed by atoms with Crippen molar-refractivity contribution >= 4 is 44.4 Å². The fourth-order valence-electron chi connectivity index (χ4n) is 3.55. The van der Waals surface area contributed by atoms with Crippen LogP contribution in [0.1, 0.15) is 22.8 Å². The number of aryl methyl sites for hydroxylation is 1. The van der Waals surface area contributed by atoms with E-state index in [1.54, 1.807) is 23.1 Å². The molecule has 2 heterocycles. The van der Waals surface area contributed by atoms with Crippen molar-refractivity contribution in [1.82, 2.24) is 9.88 Å². The Labute approximate surface area is 186 Å². The number of fused-ring (bicyclic) bond motifs is 1. The van der Waals surface area contributed by atoms with Gasteiger partial charge in [0.05, 0.1) is 23.4 Å². The van der Waals surface area contributed by atoms with E-state index in [1.165, 1.54) is 5.56 Å². The fraction of sp³-hybridized carbons (Fsp3) is 0.391. The van der Waals surface area contributed by atoms with Crippen LogP contribution in [-0.2, 0) is 11.2 Å². The Bertz CT molecular complexity index is 1010. The number of thioether (sulfide) groups is 1. The molecule has 0 spiro atoms. The van der Waals surface area contributed by atoms with E-state index in [0.717, 1.165) is 59.5 Å². The van der Waals surface area contributed by atoms with E-state index in [4.69, 9.17) is 9.72 Å². The Morgan fingerprint density at radius 2 is 2.07 bits per heavy atom. The lowest BCUT2D eigenvalue weighted by Gasteiger charge is -2.29. The van der Waals surface area contributed by atoms with Gasteiger partial charge in [0.15, 0.2) is 5.13 Å². The monoisotopic (exact) mass is 441 g/mol. The summed E-state index contributed by atoms with van der Waals surface area (Å²) in [6.45, 7) is 6.90. The molecule has 0 saturated carbocycles. The first-order valence-corrected chi connectivity index (χ1v) is 12.4. The van der Waals surface area contributed by atoms with Gasteiger partial charge in [-0.05, 0) is 48.6 Å². The van der Waals surface area contributed by atoms with Gasteiger partial charge in [0.1, 0.15) is 0 Å². The van der Waals surface area contributed by atoms with Crippen LogP contribution >= 0.6 is 23.1 Å². The third-order valence-electron chi connectivity index (χ3n) is 5.39. The second-order valence-electron chi connectivity index (χ2n) is 7.29. The first kappa shape index (κ1) is 21.3. The molecule has 0 aliphatic carbocycles. The van der Waals surface area contributed by atoms with Gasteiger partial charge >= 0.3 is 0 Å². The van der Waals surface area contributed by atoms with Crippen LogP contribution in [0.3, 0.4) is 0 Å². The summed E-state index contributed by atoms with van der Waals surface area (Å²) in [5.41, 5.74) is 2.95. The zero-order chi connectivity index (χ0) is 20.9. The molecule has 1 fully saturated rings. The van der Waals surface area contributed by atoms with E-state index in [9.17, 15) is 4.79 Å². The quantitative estimate of drug-likeness (QED) is 0.503. The average molecular weight is 442 g/mol. The number of amides is 1. The first-order chi connectivity index (χ1) is 14.7. The van der Waals surface area contributed by atoms with Crippen molar-refractivity contribution in [1.29, 1.82) is 0 Å². The van der Waals surface area contributed by atoms with Gasteiger partial charge in [-0.2, -0.15) is 0 Å². The second kappa shape index (κ2) is 9.92. The number of aromatic nitrogens is 1. The normalized spacial score (nSPS) is 14.9. The highest BCUT2D eigenvalue weighted by Gasteiger charge is 2.23. The van der Waals surface area contributed by atoms with E-state index in [2.05, 4.69) is 30.0 Å². The molecule has 0 atom stereocenters. The minimum Gasteiger partial charge on any atom is -0.379 e. The van der Waals surface area contributed by atoms with E-state index < -0.39 is 0 Å². The molecular weight excluding hydrogens is 414 g/mol. The summed E-state index contributed by atoms with van der Waals surface area (Å²) in [7, 11) is 0. The van der Waals surface area contributed by atoms with Crippen molar-refractivity contribution in [3.05, 3.63) is 53.6 Å². The summed E-state index contributed by atoms with van der Waals surface area (Å²) in [6.07, 6.45) is 3.02. The maximum absolute atomic E-state index is 13.5. The van der Waals surface area contributed by atoms with Crippen LogP contribution in [-0.4, -0.2) is 61.4 Å². The minimum atomic E-state index is 0.00827. The van der Waals surface area contributed by atoms with Crippen LogP contribution in [0.5, 0.6) is 0 Å². The molecule has 1 aliphatic heterocycles. The van der Waals surface area contributed by atoms with Crippen LogP contribution in [0.4, 0.5) is 5.13 Å². The third-order valence-corrected chi connectivity index (χ3v) is 7.15. The number of hydrogen-bond donors (Lipinski definition) is 0. The van der Waals surface area contributed by atoms with Gasteiger partial charge < -0.3 is 4.74 Å². The van der Waals surface area contributed by atoms with Gasteiger partial charge in [-0.25, -0.2) is 4.98 Å². The molecule has 1 saturated heterocycles. The standard InChI is InChI=1S/C23H27N3O2S2/c1-3-17-7-8-20-21(15-17)30-23(24-20)26(10-9-25-11-13-28-14-12-25)22(27)18-5-4-6-19(16-18)29-2/h4-8,15-16H,3,9-14H2,1-2H3. The summed E-state index contributed by atoms with van der Waals surface area (Å²) in [5, 5.41) is 0.770. The number of carbonyl (C=O) groups excluding carboxylic acids is 1. The molecule has 0 N–H and O–H groups in total. The van der Waals surface area contributed by atoms with E-state index in [1.807, 2.05) is 35.4 Å². The molecular formula is C23H27N3O2S2. The SMILES string of the molecule is CCc1ccc2nc(N(CCN3CCOCC3)C(=O)c3cccc(SC)c3)sc2c1. The molecule has 7 heteroatoms. The van der Waals surface area contributed by atoms with Crippen LogP contribution in [0, 0.1) is 0 Å². The highest BCUT2D eigenvalue weighted by molar-refractivity contribution is 7.98. The number of rotatable bonds is 7. The molecule has 0 radical (unpaired) electrons. The molecule has 0 bridgehead atoms. The molecule has 0 unspecified atom stereocenters. The van der Waals surface area contributed by atoms with Crippen molar-refractivity contribution < 1.29 is 9.53 Å². The number of anilines is 1. The lowest BCUT2D eigenvalue weighted by molar-refractivity contribution is 0.0391. The van der Waals surface area contributed by atoms with Crippen molar-refractivity contribution in [2.24, 2.45) is 0 Å². The number of hydrogen-bond acceptors (Lipinski definition) is 6. The Kier molecular flexibility index (Phi) is 7.04. The molecule has 1 aromatic heterocycles. The maximum atomic E-state index is 13.5. The van der Waals surface area contributed by atoms with Gasteiger partial charge in [-0.15, -0.1) is 11.8 Å². The van der Waals surface area contributed by atoms with Crippen LogP contribution in [0.2, 0.25) is 0 Å². The molecule has 1 amide bonds. The summed E-state index contributed by atoms with van der Waals surface area (Å²) in [5.74, 6) is 0.00827. The van der Waals surface area contributed by atoms with Crippen LogP contribution < -0.4 is 4.90 Å². The average Bonchev–Trinajstić information content (AvgIpc) is 3.22. The van der Waals surface area contributed by atoms with Crippen LogP contribution in [0.25, 0.3) is 10.2 Å². The van der Waals surface area contributed by atoms with E-state index in [-0.39, 0.29) is 5.91 Å². The van der Waals surface area contributed by atoms with E-state index in [0.29, 0.717) is 12.1 Å². The zero-order valence-corrected chi connectivity index (χ0v) is 19.1. The number of morpholine rings is 1. The van der Waals surface area contributed by atoms with Crippen LogP contribution in [0.15, 0.2) is 47.4 Å². The Morgan fingerprint density at radius 1 is 1.23 bits per heavy atom. The lowest BCUT2D eigenvalue weighted by atomic mass is 10.2. The Hall–Kier alpha value is -1.93. The Balaban J connectivity index is 1.64. The Morgan fingerprint density at radius 3 is 2.83 bits per heavy atom. The molecule has 5 nitrogen and oxygen atoms in total. The van der Waals surface area contributed by atoms with Crippen molar-refractivity contribution in [2.45, 2.75) is 18.2 Å². The van der Waals surface area contributed by atoms with Crippen molar-refractivity contribution in [3.8, 4) is 0 Å². The predicted molar refractivity (Wildman–Crippen MR) is 126 cm³/mol. The van der Waals surface area contributed by atoms with Gasteiger partial charge in [-0.1, -0.05) is 30.4 Å². The van der Waals surface area contributed by atoms with Gasteiger partial charge in [0, 0.05) is 36.6 Å². The molecule has 158 valence electrons. The number of nitrogens with zero attached hydrogens (tertiary/aromatic N) is 3. The number of ether oxygens (including phenoxy) is 1. The molecule has 2 aromatic carbocycles. The summed E-state index contributed by atoms with van der Waals surface area (Å²) in [4.78, 5) is 23.6. The fourth-order valence-corrected chi connectivity index (χ4v) is 5.07. The van der Waals surface area contributed by atoms with E-state index >= 15 is 0 Å². The molecule has 30 heavy (non-hydrogen) atoms. The molecule has 1 aliphatic rings. The summed E-state index contributed by atoms with van der Waals surface area (Å²) in [6, 6.07) is 14.2. The number of benzene rings is 2. The third kappa shape index (κ3) is 4.86. The van der Waals surface area contributed by atoms with Gasteiger partial charge in [0.25, 0.3) is 5.91 Å². The highest BCUT2D eigenvalue weighted by atomic mass is 32.2. The zero-order valence-electron chi connectivity index (χ0n) is 17.5. The first-order valence-electron chi connectivity index (χ1n) is 10.3. The lowest BCUT2D eigenvalue weighted by Crippen LogP contribution is -2.43. The van der Waals surface area contributed by atoms with Gasteiger partial charge in [-0.3, -0.25) is 14.6 Å².